The second-order valence-corrected chi connectivity index (χ2v) is 8.97. The quantitative estimate of drug-likeness (QED) is 0.499. The van der Waals surface area contributed by atoms with Crippen molar-refractivity contribution in [2.75, 3.05) is 19.8 Å². The fraction of sp³-hybridized carbons (Fsp3) is 0.250. The van der Waals surface area contributed by atoms with E-state index in [-0.39, 0.29) is 30.2 Å². The van der Waals surface area contributed by atoms with E-state index in [1.165, 1.54) is 17.2 Å². The van der Waals surface area contributed by atoms with Gasteiger partial charge in [-0.25, -0.2) is 13.6 Å². The SMILES string of the molecule is O=C(OCC1c2ccccc2-c2ccccc21)N1C2C=C(c3cccc(F)c3F)CC1COC2. The molecule has 34 heavy (non-hydrogen) atoms. The smallest absolute Gasteiger partial charge is 0.410 e. The Labute approximate surface area is 196 Å². The van der Waals surface area contributed by atoms with Gasteiger partial charge >= 0.3 is 6.09 Å². The number of carbonyl (C=O) groups excluding carboxylic acids is 1. The van der Waals surface area contributed by atoms with E-state index < -0.39 is 17.7 Å². The molecule has 2 heterocycles. The van der Waals surface area contributed by atoms with Crippen LogP contribution in [0.3, 0.4) is 0 Å². The monoisotopic (exact) mass is 459 g/mol. The first kappa shape index (κ1) is 21.1. The zero-order valence-corrected chi connectivity index (χ0v) is 18.4. The Hall–Kier alpha value is -3.51. The highest BCUT2D eigenvalue weighted by molar-refractivity contribution is 5.79. The van der Waals surface area contributed by atoms with Crippen LogP contribution in [0.5, 0.6) is 0 Å². The Balaban J connectivity index is 1.23. The summed E-state index contributed by atoms with van der Waals surface area (Å²) >= 11 is 0. The van der Waals surface area contributed by atoms with Crippen LogP contribution in [-0.2, 0) is 9.47 Å². The molecule has 0 N–H and O–H groups in total. The number of hydrogen-bond donors (Lipinski definition) is 0. The van der Waals surface area contributed by atoms with Gasteiger partial charge < -0.3 is 9.47 Å². The van der Waals surface area contributed by atoms with E-state index in [0.29, 0.717) is 25.2 Å². The van der Waals surface area contributed by atoms with Crippen molar-refractivity contribution >= 4 is 11.7 Å². The van der Waals surface area contributed by atoms with Crippen LogP contribution in [0.25, 0.3) is 16.7 Å². The minimum Gasteiger partial charge on any atom is -0.448 e. The first-order chi connectivity index (χ1) is 16.6. The maximum absolute atomic E-state index is 14.4. The van der Waals surface area contributed by atoms with Crippen molar-refractivity contribution < 1.29 is 23.0 Å². The predicted octanol–water partition coefficient (Wildman–Crippen LogP) is 5.77. The molecule has 2 unspecified atom stereocenters. The second-order valence-electron chi connectivity index (χ2n) is 8.97. The molecule has 4 nitrogen and oxygen atoms in total. The first-order valence-corrected chi connectivity index (χ1v) is 11.5. The standard InChI is InChI=1S/C28H23F2NO3/c29-26-11-5-10-20(27(26)30)17-12-18-14-33-15-19(13-17)31(18)28(32)34-16-25-23-8-3-1-6-21(23)22-7-2-4-9-24(22)25/h1-12,18-19,25H,13-16H2. The number of carbonyl (C=O) groups is 1. The van der Waals surface area contributed by atoms with Crippen molar-refractivity contribution in [1.29, 1.82) is 0 Å². The van der Waals surface area contributed by atoms with Crippen molar-refractivity contribution in [2.24, 2.45) is 0 Å². The highest BCUT2D eigenvalue weighted by Crippen LogP contribution is 2.44. The Bertz CT molecular complexity index is 1260. The van der Waals surface area contributed by atoms with E-state index in [2.05, 4.69) is 24.3 Å². The number of benzene rings is 3. The molecule has 0 saturated carbocycles. The summed E-state index contributed by atoms with van der Waals surface area (Å²) in [4.78, 5) is 14.9. The molecule has 172 valence electrons. The highest BCUT2D eigenvalue weighted by Gasteiger charge is 2.40. The average molecular weight is 459 g/mol. The summed E-state index contributed by atoms with van der Waals surface area (Å²) < 4.78 is 39.7. The van der Waals surface area contributed by atoms with Gasteiger partial charge in [0.2, 0.25) is 0 Å². The summed E-state index contributed by atoms with van der Waals surface area (Å²) in [6.45, 7) is 0.856. The molecule has 3 aliphatic rings. The third-order valence-electron chi connectivity index (χ3n) is 7.04. The molecule has 1 saturated heterocycles. The van der Waals surface area contributed by atoms with Gasteiger partial charge in [0.25, 0.3) is 0 Å². The molecule has 2 bridgehead atoms. The summed E-state index contributed by atoms with van der Waals surface area (Å²) in [6.07, 6.45) is 1.77. The van der Waals surface area contributed by atoms with Crippen molar-refractivity contribution in [3.8, 4) is 11.1 Å². The lowest BCUT2D eigenvalue weighted by molar-refractivity contribution is -0.0331. The zero-order valence-electron chi connectivity index (χ0n) is 18.4. The number of amides is 1. The largest absolute Gasteiger partial charge is 0.448 e. The fourth-order valence-corrected chi connectivity index (χ4v) is 5.50. The van der Waals surface area contributed by atoms with E-state index in [4.69, 9.17) is 9.47 Å². The van der Waals surface area contributed by atoms with Crippen LogP contribution < -0.4 is 0 Å². The molecule has 1 aliphatic carbocycles. The number of morpholine rings is 1. The van der Waals surface area contributed by atoms with Crippen LogP contribution in [0.1, 0.15) is 29.0 Å². The van der Waals surface area contributed by atoms with Crippen LogP contribution in [0.15, 0.2) is 72.8 Å². The lowest BCUT2D eigenvalue weighted by atomic mass is 9.90. The molecule has 0 spiro atoms. The summed E-state index contributed by atoms with van der Waals surface area (Å²) in [6, 6.07) is 19.9. The van der Waals surface area contributed by atoms with Crippen LogP contribution in [0, 0.1) is 11.6 Å². The minimum absolute atomic E-state index is 0.0234. The molecular weight excluding hydrogens is 436 g/mol. The minimum atomic E-state index is -0.876. The molecular formula is C28H23F2NO3. The summed E-state index contributed by atoms with van der Waals surface area (Å²) in [5.74, 6) is -1.76. The lowest BCUT2D eigenvalue weighted by Gasteiger charge is -2.44. The number of rotatable bonds is 3. The molecule has 0 radical (unpaired) electrons. The van der Waals surface area contributed by atoms with E-state index in [9.17, 15) is 13.6 Å². The summed E-state index contributed by atoms with van der Waals surface area (Å²) in [5.41, 5.74) is 5.59. The maximum atomic E-state index is 14.4. The van der Waals surface area contributed by atoms with Crippen molar-refractivity contribution in [3.63, 3.8) is 0 Å². The molecule has 6 rings (SSSR count). The van der Waals surface area contributed by atoms with Crippen LogP contribution in [0.4, 0.5) is 13.6 Å². The lowest BCUT2D eigenvalue weighted by Crippen LogP contribution is -2.56. The molecule has 1 fully saturated rings. The Kier molecular flexibility index (Phi) is 5.18. The number of fused-ring (bicyclic) bond motifs is 5. The Morgan fingerprint density at radius 2 is 1.59 bits per heavy atom. The van der Waals surface area contributed by atoms with Gasteiger partial charge in [-0.2, -0.15) is 0 Å². The number of halogens is 2. The molecule has 3 aromatic carbocycles. The van der Waals surface area contributed by atoms with Gasteiger partial charge in [-0.1, -0.05) is 66.7 Å². The Morgan fingerprint density at radius 3 is 2.29 bits per heavy atom. The van der Waals surface area contributed by atoms with Crippen LogP contribution >= 0.6 is 0 Å². The normalized spacial score (nSPS) is 21.0. The van der Waals surface area contributed by atoms with E-state index in [0.717, 1.165) is 17.2 Å². The van der Waals surface area contributed by atoms with Crippen LogP contribution in [-0.4, -0.2) is 42.9 Å². The molecule has 2 aliphatic heterocycles. The maximum Gasteiger partial charge on any atom is 0.410 e. The van der Waals surface area contributed by atoms with Gasteiger partial charge in [0.1, 0.15) is 6.61 Å². The average Bonchev–Trinajstić information content (AvgIpc) is 3.17. The summed E-state index contributed by atoms with van der Waals surface area (Å²) in [7, 11) is 0. The zero-order chi connectivity index (χ0) is 23.2. The fourth-order valence-electron chi connectivity index (χ4n) is 5.50. The molecule has 1 amide bonds. The topological polar surface area (TPSA) is 38.8 Å². The van der Waals surface area contributed by atoms with Crippen molar-refractivity contribution in [1.82, 2.24) is 4.90 Å². The van der Waals surface area contributed by atoms with Gasteiger partial charge in [0, 0.05) is 11.5 Å². The van der Waals surface area contributed by atoms with Gasteiger partial charge in [0.15, 0.2) is 11.6 Å². The third-order valence-corrected chi connectivity index (χ3v) is 7.04. The molecule has 6 heteroatoms. The summed E-state index contributed by atoms with van der Waals surface area (Å²) in [5, 5.41) is 0. The van der Waals surface area contributed by atoms with Gasteiger partial charge in [0.05, 0.1) is 25.3 Å². The van der Waals surface area contributed by atoms with Crippen LogP contribution in [0.2, 0.25) is 0 Å². The van der Waals surface area contributed by atoms with Gasteiger partial charge in [-0.3, -0.25) is 4.90 Å². The third kappa shape index (κ3) is 3.41. The van der Waals surface area contributed by atoms with E-state index in [1.54, 1.807) is 17.0 Å². The second kappa shape index (κ2) is 8.37. The molecule has 0 aromatic heterocycles. The van der Waals surface area contributed by atoms with E-state index in [1.807, 2.05) is 24.3 Å². The predicted molar refractivity (Wildman–Crippen MR) is 124 cm³/mol. The number of nitrogens with zero attached hydrogens (tertiary/aromatic N) is 1. The number of hydrogen-bond acceptors (Lipinski definition) is 3. The van der Waals surface area contributed by atoms with Gasteiger partial charge in [-0.15, -0.1) is 0 Å². The molecule has 2 atom stereocenters. The Morgan fingerprint density at radius 1 is 0.912 bits per heavy atom. The molecule has 3 aromatic rings. The first-order valence-electron chi connectivity index (χ1n) is 11.5. The number of ether oxygens (including phenoxy) is 2. The van der Waals surface area contributed by atoms with E-state index >= 15 is 0 Å². The van der Waals surface area contributed by atoms with Crippen molar-refractivity contribution in [2.45, 2.75) is 24.4 Å². The van der Waals surface area contributed by atoms with Gasteiger partial charge in [-0.05, 0) is 40.3 Å². The highest BCUT2D eigenvalue weighted by atomic mass is 19.2. The van der Waals surface area contributed by atoms with Crippen molar-refractivity contribution in [3.05, 3.63) is 101 Å².